The third-order valence-electron chi connectivity index (χ3n) is 4.13. The number of aromatic nitrogens is 1. The molecule has 10 nitrogen and oxygen atoms in total. The van der Waals surface area contributed by atoms with Gasteiger partial charge in [-0.3, -0.25) is 0 Å². The summed E-state index contributed by atoms with van der Waals surface area (Å²) in [5, 5.41) is 14.4. The Bertz CT molecular complexity index is 890. The van der Waals surface area contributed by atoms with E-state index in [9.17, 15) is 14.4 Å². The third-order valence-corrected chi connectivity index (χ3v) is 4.13. The molecule has 1 aromatic carbocycles. The second kappa shape index (κ2) is 11.7. The fourth-order valence-corrected chi connectivity index (χ4v) is 2.69. The van der Waals surface area contributed by atoms with E-state index >= 15 is 0 Å². The van der Waals surface area contributed by atoms with E-state index in [1.165, 1.54) is 0 Å². The number of amides is 2. The largest absolute Gasteiger partial charge is 0.476 e. The van der Waals surface area contributed by atoms with Crippen molar-refractivity contribution in [2.45, 2.75) is 58.3 Å². The zero-order valence-corrected chi connectivity index (χ0v) is 18.4. The molecule has 0 spiro atoms. The molecule has 2 amide bonds. The SMILES string of the molecule is CC(C)(C)OC(=O)NCCCCC(NC(=O)OCc1ccccc1)c1nc(C(=O)O)co1. The summed E-state index contributed by atoms with van der Waals surface area (Å²) in [6, 6.07) is 8.51. The maximum absolute atomic E-state index is 12.3. The van der Waals surface area contributed by atoms with Crippen molar-refractivity contribution in [2.75, 3.05) is 6.54 Å². The third kappa shape index (κ3) is 9.07. The van der Waals surface area contributed by atoms with Crippen LogP contribution in [0, 0.1) is 0 Å². The molecule has 1 unspecified atom stereocenters. The maximum atomic E-state index is 12.3. The highest BCUT2D eigenvalue weighted by molar-refractivity contribution is 5.84. The molecule has 2 aromatic rings. The van der Waals surface area contributed by atoms with E-state index < -0.39 is 29.8 Å². The van der Waals surface area contributed by atoms with Gasteiger partial charge in [0.25, 0.3) is 0 Å². The van der Waals surface area contributed by atoms with Crippen molar-refractivity contribution >= 4 is 18.2 Å². The molecule has 0 radical (unpaired) electrons. The monoisotopic (exact) mass is 447 g/mol. The van der Waals surface area contributed by atoms with E-state index in [-0.39, 0.29) is 18.2 Å². The molecule has 0 saturated heterocycles. The number of aromatic carboxylic acids is 1. The molecule has 2 rings (SSSR count). The number of unbranched alkanes of at least 4 members (excludes halogenated alkanes) is 1. The molecule has 10 heteroatoms. The minimum Gasteiger partial charge on any atom is -0.476 e. The normalized spacial score (nSPS) is 12.0. The number of nitrogens with one attached hydrogen (secondary N) is 2. The standard InChI is InChI=1S/C22H29N3O7/c1-22(2,3)32-20(28)23-12-8-7-11-16(18-24-17(14-30-18)19(26)27)25-21(29)31-13-15-9-5-4-6-10-15/h4-6,9-10,14,16H,7-8,11-13H2,1-3H3,(H,23,28)(H,25,29)(H,26,27). The smallest absolute Gasteiger partial charge is 0.408 e. The number of carbonyl (C=O) groups excluding carboxylic acids is 2. The van der Waals surface area contributed by atoms with Crippen molar-refractivity contribution in [3.63, 3.8) is 0 Å². The van der Waals surface area contributed by atoms with Crippen LogP contribution in [0.15, 0.2) is 41.0 Å². The number of alkyl carbamates (subject to hydrolysis) is 2. The Labute approximate surface area is 186 Å². The van der Waals surface area contributed by atoms with Gasteiger partial charge < -0.3 is 29.6 Å². The van der Waals surface area contributed by atoms with Crippen molar-refractivity contribution in [2.24, 2.45) is 0 Å². The molecular formula is C22H29N3O7. The minimum atomic E-state index is -1.23. The van der Waals surface area contributed by atoms with Crippen molar-refractivity contribution in [1.82, 2.24) is 15.6 Å². The predicted octanol–water partition coefficient (Wildman–Crippen LogP) is 4.04. The highest BCUT2D eigenvalue weighted by atomic mass is 16.6. The van der Waals surface area contributed by atoms with Gasteiger partial charge in [-0.05, 0) is 45.6 Å². The van der Waals surface area contributed by atoms with Gasteiger partial charge >= 0.3 is 18.2 Å². The number of carboxylic acid groups (broad SMARTS) is 1. The molecule has 3 N–H and O–H groups in total. The van der Waals surface area contributed by atoms with Crippen LogP contribution in [0.25, 0.3) is 0 Å². The molecule has 0 saturated carbocycles. The van der Waals surface area contributed by atoms with Gasteiger partial charge in [-0.1, -0.05) is 30.3 Å². The zero-order valence-electron chi connectivity index (χ0n) is 18.4. The Morgan fingerprint density at radius 3 is 2.47 bits per heavy atom. The topological polar surface area (TPSA) is 140 Å². The first-order valence-electron chi connectivity index (χ1n) is 10.3. The van der Waals surface area contributed by atoms with Crippen LogP contribution < -0.4 is 10.6 Å². The predicted molar refractivity (Wildman–Crippen MR) is 114 cm³/mol. The second-order valence-electron chi connectivity index (χ2n) is 8.06. The van der Waals surface area contributed by atoms with Gasteiger partial charge in [-0.15, -0.1) is 0 Å². The van der Waals surface area contributed by atoms with Crippen LogP contribution in [-0.4, -0.2) is 40.4 Å². The molecule has 1 atom stereocenters. The Morgan fingerprint density at radius 1 is 1.12 bits per heavy atom. The Morgan fingerprint density at radius 2 is 1.84 bits per heavy atom. The summed E-state index contributed by atoms with van der Waals surface area (Å²) in [4.78, 5) is 39.0. The Balaban J connectivity index is 1.87. The summed E-state index contributed by atoms with van der Waals surface area (Å²) >= 11 is 0. The van der Waals surface area contributed by atoms with Crippen molar-refractivity contribution in [3.8, 4) is 0 Å². The van der Waals surface area contributed by atoms with Crippen molar-refractivity contribution in [1.29, 1.82) is 0 Å². The van der Waals surface area contributed by atoms with Gasteiger partial charge in [-0.2, -0.15) is 0 Å². The fourth-order valence-electron chi connectivity index (χ4n) is 2.69. The molecule has 0 aliphatic carbocycles. The summed E-state index contributed by atoms with van der Waals surface area (Å²) in [5.74, 6) is -1.16. The number of benzene rings is 1. The molecule has 174 valence electrons. The first-order valence-corrected chi connectivity index (χ1v) is 10.3. The number of carboxylic acids is 1. The molecule has 0 bridgehead atoms. The molecular weight excluding hydrogens is 418 g/mol. The Kier molecular flexibility index (Phi) is 9.06. The van der Waals surface area contributed by atoms with E-state index in [1.807, 2.05) is 30.3 Å². The lowest BCUT2D eigenvalue weighted by Crippen LogP contribution is -2.33. The zero-order chi connectivity index (χ0) is 23.6. The molecule has 0 fully saturated rings. The number of carbonyl (C=O) groups is 3. The van der Waals surface area contributed by atoms with Gasteiger partial charge in [-0.25, -0.2) is 19.4 Å². The average molecular weight is 447 g/mol. The first kappa shape index (κ1) is 24.7. The van der Waals surface area contributed by atoms with Crippen LogP contribution in [0.4, 0.5) is 9.59 Å². The van der Waals surface area contributed by atoms with E-state index in [0.717, 1.165) is 11.8 Å². The molecule has 1 heterocycles. The lowest BCUT2D eigenvalue weighted by atomic mass is 10.1. The van der Waals surface area contributed by atoms with Gasteiger partial charge in [0, 0.05) is 6.54 Å². The minimum absolute atomic E-state index is 0.0687. The summed E-state index contributed by atoms with van der Waals surface area (Å²) in [6.45, 7) is 5.81. The van der Waals surface area contributed by atoms with Gasteiger partial charge in [0.2, 0.25) is 5.89 Å². The van der Waals surface area contributed by atoms with E-state index in [0.29, 0.717) is 25.8 Å². The maximum Gasteiger partial charge on any atom is 0.408 e. The van der Waals surface area contributed by atoms with E-state index in [4.69, 9.17) is 19.0 Å². The van der Waals surface area contributed by atoms with Crippen LogP contribution in [-0.2, 0) is 16.1 Å². The van der Waals surface area contributed by atoms with E-state index in [1.54, 1.807) is 20.8 Å². The summed E-state index contributed by atoms with van der Waals surface area (Å²) < 4.78 is 15.7. The summed E-state index contributed by atoms with van der Waals surface area (Å²) in [5.41, 5.74) is -0.000747. The first-order chi connectivity index (χ1) is 15.1. The summed E-state index contributed by atoms with van der Waals surface area (Å²) in [7, 11) is 0. The lowest BCUT2D eigenvalue weighted by molar-refractivity contribution is 0.0526. The van der Waals surface area contributed by atoms with Crippen LogP contribution in [0.1, 0.15) is 68.0 Å². The van der Waals surface area contributed by atoms with Crippen molar-refractivity contribution in [3.05, 3.63) is 53.7 Å². The number of ether oxygens (including phenoxy) is 2. The number of nitrogens with zero attached hydrogens (tertiary/aromatic N) is 1. The number of hydrogen-bond donors (Lipinski definition) is 3. The van der Waals surface area contributed by atoms with Crippen LogP contribution in [0.5, 0.6) is 0 Å². The number of rotatable bonds is 10. The molecule has 1 aromatic heterocycles. The van der Waals surface area contributed by atoms with E-state index in [2.05, 4.69) is 15.6 Å². The average Bonchev–Trinajstić information content (AvgIpc) is 3.21. The van der Waals surface area contributed by atoms with Gasteiger partial charge in [0.05, 0.1) is 0 Å². The van der Waals surface area contributed by atoms with Gasteiger partial charge in [0.15, 0.2) is 5.69 Å². The highest BCUT2D eigenvalue weighted by Gasteiger charge is 2.22. The quantitative estimate of drug-likeness (QED) is 0.464. The summed E-state index contributed by atoms with van der Waals surface area (Å²) in [6.07, 6.45) is 1.42. The lowest BCUT2D eigenvalue weighted by Gasteiger charge is -2.19. The van der Waals surface area contributed by atoms with Crippen LogP contribution in [0.3, 0.4) is 0 Å². The van der Waals surface area contributed by atoms with Crippen molar-refractivity contribution < 1.29 is 33.4 Å². The molecule has 0 aliphatic rings. The molecule has 32 heavy (non-hydrogen) atoms. The van der Waals surface area contributed by atoms with Crippen LogP contribution >= 0.6 is 0 Å². The number of hydrogen-bond acceptors (Lipinski definition) is 7. The molecule has 0 aliphatic heterocycles. The Hall–Kier alpha value is -3.56. The van der Waals surface area contributed by atoms with Gasteiger partial charge in [0.1, 0.15) is 24.5 Å². The fraction of sp³-hybridized carbons (Fsp3) is 0.455. The second-order valence-corrected chi connectivity index (χ2v) is 8.06. The number of oxazole rings is 1. The van der Waals surface area contributed by atoms with Crippen LogP contribution in [0.2, 0.25) is 0 Å². The highest BCUT2D eigenvalue weighted by Crippen LogP contribution is 2.20.